The molecule has 1 heterocycles. The zero-order chi connectivity index (χ0) is 14.0. The third-order valence-electron chi connectivity index (χ3n) is 2.57. The number of imidazole rings is 1. The van der Waals surface area contributed by atoms with Gasteiger partial charge in [-0.2, -0.15) is 0 Å². The molecule has 4 N–H and O–H groups in total. The fourth-order valence-electron chi connectivity index (χ4n) is 1.55. The molecule has 0 amide bonds. The number of hydrogen-bond donors (Lipinski definition) is 3. The number of anilines is 2. The molecule has 1 aromatic heterocycles. The van der Waals surface area contributed by atoms with E-state index in [0.717, 1.165) is 5.56 Å². The number of benzene rings is 1. The number of rotatable bonds is 4. The minimum atomic E-state index is -3.81. The number of aryl methyl sites for hydroxylation is 1. The van der Waals surface area contributed by atoms with Crippen molar-refractivity contribution in [3.63, 3.8) is 0 Å². The maximum atomic E-state index is 12.2. The summed E-state index contributed by atoms with van der Waals surface area (Å²) in [5.41, 5.74) is 6.86. The van der Waals surface area contributed by atoms with Crippen molar-refractivity contribution in [1.29, 1.82) is 0 Å². The maximum absolute atomic E-state index is 12.2. The van der Waals surface area contributed by atoms with Crippen LogP contribution in [0.5, 0.6) is 5.75 Å². The fourth-order valence-corrected chi connectivity index (χ4v) is 2.72. The molecule has 0 fully saturated rings. The van der Waals surface area contributed by atoms with Gasteiger partial charge in [0.25, 0.3) is 10.0 Å². The number of nitrogens with zero attached hydrogens (tertiary/aromatic N) is 1. The van der Waals surface area contributed by atoms with Crippen LogP contribution in [0.3, 0.4) is 0 Å². The maximum Gasteiger partial charge on any atom is 0.267 e. The molecule has 0 atom stereocenters. The lowest BCUT2D eigenvalue weighted by Gasteiger charge is -2.12. The number of hydrogen-bond acceptors (Lipinski definition) is 5. The first kappa shape index (κ1) is 13.2. The van der Waals surface area contributed by atoms with Crippen LogP contribution in [0.1, 0.15) is 5.56 Å². The van der Waals surface area contributed by atoms with E-state index < -0.39 is 10.0 Å². The summed E-state index contributed by atoms with van der Waals surface area (Å²) in [6, 6.07) is 2.94. The lowest BCUT2D eigenvalue weighted by molar-refractivity contribution is 0.402. The third kappa shape index (κ3) is 2.63. The van der Waals surface area contributed by atoms with Crippen LogP contribution in [0.15, 0.2) is 29.4 Å². The summed E-state index contributed by atoms with van der Waals surface area (Å²) in [5, 5.41) is 0. The van der Waals surface area contributed by atoms with E-state index >= 15 is 0 Å². The van der Waals surface area contributed by atoms with Crippen molar-refractivity contribution in [2.24, 2.45) is 0 Å². The Bertz CT molecular complexity index is 680. The molecule has 1 aromatic carbocycles. The van der Waals surface area contributed by atoms with Gasteiger partial charge in [0.2, 0.25) is 5.95 Å². The van der Waals surface area contributed by atoms with Crippen LogP contribution >= 0.6 is 0 Å². The standard InChI is InChI=1S/C11H14N4O3S/c1-7-5-9(18-2)10(6-8(7)12)19(16,17)15-11-13-3-4-14-11/h3-6H,12H2,1-2H3,(H2,13,14,15). The van der Waals surface area contributed by atoms with E-state index in [9.17, 15) is 8.42 Å². The Morgan fingerprint density at radius 2 is 2.16 bits per heavy atom. The number of aromatic amines is 1. The quantitative estimate of drug-likeness (QED) is 0.728. The normalized spacial score (nSPS) is 11.3. The van der Waals surface area contributed by atoms with Crippen molar-refractivity contribution >= 4 is 21.7 Å². The first-order valence-corrected chi connectivity index (χ1v) is 6.88. The first-order chi connectivity index (χ1) is 8.94. The average Bonchev–Trinajstić information content (AvgIpc) is 2.84. The molecule has 0 spiro atoms. The Hall–Kier alpha value is -2.22. The van der Waals surface area contributed by atoms with Crippen molar-refractivity contribution in [2.45, 2.75) is 11.8 Å². The lowest BCUT2D eigenvalue weighted by atomic mass is 10.2. The second-order valence-electron chi connectivity index (χ2n) is 3.90. The SMILES string of the molecule is COc1cc(C)c(N)cc1S(=O)(=O)Nc1ncc[nH]1. The molecule has 2 aromatic rings. The number of nitrogens with one attached hydrogen (secondary N) is 2. The molecule has 0 unspecified atom stereocenters. The van der Waals surface area contributed by atoms with Crippen molar-refractivity contribution < 1.29 is 13.2 Å². The molecular formula is C11H14N4O3S. The Morgan fingerprint density at radius 1 is 1.42 bits per heavy atom. The molecule has 2 rings (SSSR count). The summed E-state index contributed by atoms with van der Waals surface area (Å²) in [6.45, 7) is 1.77. The topological polar surface area (TPSA) is 110 Å². The van der Waals surface area contributed by atoms with Crippen LogP contribution < -0.4 is 15.2 Å². The smallest absolute Gasteiger partial charge is 0.267 e. The van der Waals surface area contributed by atoms with E-state index in [1.54, 1.807) is 13.0 Å². The molecule has 7 nitrogen and oxygen atoms in total. The van der Waals surface area contributed by atoms with Gasteiger partial charge in [-0.25, -0.2) is 18.1 Å². The largest absolute Gasteiger partial charge is 0.495 e. The summed E-state index contributed by atoms with van der Waals surface area (Å²) >= 11 is 0. The highest BCUT2D eigenvalue weighted by Crippen LogP contribution is 2.29. The minimum Gasteiger partial charge on any atom is -0.495 e. The minimum absolute atomic E-state index is 0.0329. The highest BCUT2D eigenvalue weighted by molar-refractivity contribution is 7.92. The number of sulfonamides is 1. The summed E-state index contributed by atoms with van der Waals surface area (Å²) in [4.78, 5) is 6.42. The van der Waals surface area contributed by atoms with Crippen LogP contribution in [0, 0.1) is 6.92 Å². The van der Waals surface area contributed by atoms with Crippen molar-refractivity contribution in [3.05, 3.63) is 30.1 Å². The molecule has 0 aliphatic rings. The van der Waals surface area contributed by atoms with E-state index in [0.29, 0.717) is 5.69 Å². The lowest BCUT2D eigenvalue weighted by Crippen LogP contribution is -2.15. The van der Waals surface area contributed by atoms with Gasteiger partial charge in [-0.1, -0.05) is 0 Å². The molecule has 0 aliphatic carbocycles. The molecule has 8 heteroatoms. The molecule has 102 valence electrons. The van der Waals surface area contributed by atoms with Gasteiger partial charge < -0.3 is 15.5 Å². The van der Waals surface area contributed by atoms with Gasteiger partial charge in [0.1, 0.15) is 10.6 Å². The van der Waals surface area contributed by atoms with Gasteiger partial charge in [0.05, 0.1) is 7.11 Å². The van der Waals surface area contributed by atoms with Gasteiger partial charge in [0.15, 0.2) is 0 Å². The monoisotopic (exact) mass is 282 g/mol. The molecule has 0 radical (unpaired) electrons. The van der Waals surface area contributed by atoms with Gasteiger partial charge in [-0.3, -0.25) is 0 Å². The van der Waals surface area contributed by atoms with Crippen molar-refractivity contribution in [2.75, 3.05) is 17.6 Å². The average molecular weight is 282 g/mol. The Morgan fingerprint density at radius 3 is 2.74 bits per heavy atom. The second-order valence-corrected chi connectivity index (χ2v) is 5.55. The predicted molar refractivity (Wildman–Crippen MR) is 71.5 cm³/mol. The summed E-state index contributed by atoms with van der Waals surface area (Å²) in [6.07, 6.45) is 2.96. The van der Waals surface area contributed by atoms with Gasteiger partial charge in [0, 0.05) is 18.1 Å². The number of nitrogens with two attached hydrogens (primary N) is 1. The number of aromatic nitrogens is 2. The zero-order valence-electron chi connectivity index (χ0n) is 10.5. The van der Waals surface area contributed by atoms with Gasteiger partial charge in [-0.05, 0) is 24.6 Å². The van der Waals surface area contributed by atoms with Gasteiger partial charge in [-0.15, -0.1) is 0 Å². The summed E-state index contributed by atoms with van der Waals surface area (Å²) in [5.74, 6) is 0.354. The van der Waals surface area contributed by atoms with E-state index in [-0.39, 0.29) is 16.6 Å². The van der Waals surface area contributed by atoms with Crippen LogP contribution in [0.25, 0.3) is 0 Å². The van der Waals surface area contributed by atoms with Crippen LogP contribution in [-0.2, 0) is 10.0 Å². The number of ether oxygens (including phenoxy) is 1. The predicted octanol–water partition coefficient (Wildman–Crippen LogP) is 1.11. The van der Waals surface area contributed by atoms with Crippen molar-refractivity contribution in [1.82, 2.24) is 9.97 Å². The van der Waals surface area contributed by atoms with Gasteiger partial charge >= 0.3 is 0 Å². The highest BCUT2D eigenvalue weighted by Gasteiger charge is 2.21. The van der Waals surface area contributed by atoms with Crippen LogP contribution in [0.2, 0.25) is 0 Å². The van der Waals surface area contributed by atoms with Crippen molar-refractivity contribution in [3.8, 4) is 5.75 Å². The fraction of sp³-hybridized carbons (Fsp3) is 0.182. The Labute approximate surface area is 110 Å². The molecular weight excluding hydrogens is 268 g/mol. The number of methoxy groups -OCH3 is 1. The molecule has 0 saturated carbocycles. The molecule has 0 bridgehead atoms. The first-order valence-electron chi connectivity index (χ1n) is 5.40. The number of nitrogen functional groups attached to an aromatic ring is 1. The number of H-pyrrole nitrogens is 1. The molecule has 19 heavy (non-hydrogen) atoms. The van der Waals surface area contributed by atoms with E-state index in [1.807, 2.05) is 0 Å². The van der Waals surface area contributed by atoms with Crippen LogP contribution in [-0.4, -0.2) is 25.5 Å². The summed E-state index contributed by atoms with van der Waals surface area (Å²) in [7, 11) is -2.41. The third-order valence-corrected chi connectivity index (χ3v) is 3.93. The van der Waals surface area contributed by atoms with Crippen LogP contribution in [0.4, 0.5) is 11.6 Å². The molecule has 0 aliphatic heterocycles. The Kier molecular flexibility index (Phi) is 3.34. The molecule has 0 saturated heterocycles. The van der Waals surface area contributed by atoms with E-state index in [1.165, 1.54) is 25.6 Å². The zero-order valence-corrected chi connectivity index (χ0v) is 11.3. The second kappa shape index (κ2) is 4.81. The van der Waals surface area contributed by atoms with E-state index in [4.69, 9.17) is 10.5 Å². The summed E-state index contributed by atoms with van der Waals surface area (Å²) < 4.78 is 31.9. The Balaban J connectivity index is 2.48. The highest BCUT2D eigenvalue weighted by atomic mass is 32.2. The van der Waals surface area contributed by atoms with E-state index in [2.05, 4.69) is 14.7 Å².